The van der Waals surface area contributed by atoms with Crippen LogP contribution in [0.5, 0.6) is 0 Å². The van der Waals surface area contributed by atoms with Gasteiger partial charge in [0.25, 0.3) is 5.56 Å². The summed E-state index contributed by atoms with van der Waals surface area (Å²) in [5.41, 5.74) is 3.86. The number of rotatable bonds is 3. The van der Waals surface area contributed by atoms with Gasteiger partial charge in [-0.3, -0.25) is 9.69 Å². The van der Waals surface area contributed by atoms with Crippen LogP contribution in [0.1, 0.15) is 22.4 Å². The lowest BCUT2D eigenvalue weighted by Crippen LogP contribution is -2.35. The molecule has 2 aromatic heterocycles. The minimum absolute atomic E-state index is 0.0908. The van der Waals surface area contributed by atoms with Gasteiger partial charge in [0.2, 0.25) is 5.95 Å². The summed E-state index contributed by atoms with van der Waals surface area (Å²) in [7, 11) is 0. The molecule has 6 heteroatoms. The quantitative estimate of drug-likeness (QED) is 0.738. The summed E-state index contributed by atoms with van der Waals surface area (Å²) in [4.78, 5) is 26.1. The summed E-state index contributed by atoms with van der Waals surface area (Å²) >= 11 is 0. The molecule has 1 aromatic carbocycles. The fraction of sp³-hybridized carbons (Fsp3) is 0.250. The molecule has 0 spiro atoms. The first-order valence-corrected chi connectivity index (χ1v) is 8.61. The van der Waals surface area contributed by atoms with Crippen molar-refractivity contribution in [3.8, 4) is 11.4 Å². The topological polar surface area (TPSA) is 61.9 Å². The van der Waals surface area contributed by atoms with Crippen molar-refractivity contribution < 1.29 is 4.39 Å². The van der Waals surface area contributed by atoms with E-state index in [-0.39, 0.29) is 5.56 Å². The van der Waals surface area contributed by atoms with Crippen LogP contribution in [0.15, 0.2) is 47.4 Å². The van der Waals surface area contributed by atoms with Crippen LogP contribution < -0.4 is 5.56 Å². The molecule has 0 radical (unpaired) electrons. The first kappa shape index (κ1) is 16.6. The second-order valence-corrected chi connectivity index (χ2v) is 6.62. The van der Waals surface area contributed by atoms with Gasteiger partial charge in [-0.2, -0.15) is 4.39 Å². The van der Waals surface area contributed by atoms with Gasteiger partial charge in [0, 0.05) is 43.4 Å². The molecule has 0 bridgehead atoms. The number of aryl methyl sites for hydroxylation is 1. The predicted molar refractivity (Wildman–Crippen MR) is 97.0 cm³/mol. The van der Waals surface area contributed by atoms with E-state index in [4.69, 9.17) is 0 Å². The molecule has 0 fully saturated rings. The Morgan fingerprint density at radius 2 is 2.08 bits per heavy atom. The minimum atomic E-state index is -0.438. The van der Waals surface area contributed by atoms with Gasteiger partial charge in [-0.05, 0) is 18.6 Å². The van der Waals surface area contributed by atoms with Gasteiger partial charge in [-0.15, -0.1) is 0 Å². The van der Waals surface area contributed by atoms with Crippen LogP contribution >= 0.6 is 0 Å². The monoisotopic (exact) mass is 350 g/mol. The van der Waals surface area contributed by atoms with Crippen molar-refractivity contribution >= 4 is 0 Å². The zero-order valence-corrected chi connectivity index (χ0v) is 14.5. The molecule has 132 valence electrons. The molecular weight excluding hydrogens is 331 g/mol. The Bertz CT molecular complexity index is 1000. The molecule has 1 aliphatic heterocycles. The maximum atomic E-state index is 13.3. The Balaban J connectivity index is 1.57. The number of pyridine rings is 1. The predicted octanol–water partition coefficient (Wildman–Crippen LogP) is 2.84. The average Bonchev–Trinajstić information content (AvgIpc) is 2.66. The van der Waals surface area contributed by atoms with Gasteiger partial charge in [0.15, 0.2) is 0 Å². The van der Waals surface area contributed by atoms with Crippen molar-refractivity contribution in [1.82, 2.24) is 19.9 Å². The van der Waals surface area contributed by atoms with E-state index in [2.05, 4.69) is 19.9 Å². The molecule has 3 heterocycles. The highest BCUT2D eigenvalue weighted by atomic mass is 19.1. The van der Waals surface area contributed by atoms with Crippen molar-refractivity contribution in [2.45, 2.75) is 26.4 Å². The van der Waals surface area contributed by atoms with E-state index < -0.39 is 5.95 Å². The van der Waals surface area contributed by atoms with E-state index in [1.807, 2.05) is 30.3 Å². The van der Waals surface area contributed by atoms with Gasteiger partial charge in [-0.1, -0.05) is 30.3 Å². The lowest BCUT2D eigenvalue weighted by Gasteiger charge is -2.27. The number of benzene rings is 1. The van der Waals surface area contributed by atoms with E-state index >= 15 is 0 Å². The normalized spacial score (nSPS) is 14.2. The first-order chi connectivity index (χ1) is 12.6. The fourth-order valence-electron chi connectivity index (χ4n) is 3.31. The number of hydrogen-bond acceptors (Lipinski definition) is 4. The highest BCUT2D eigenvalue weighted by Crippen LogP contribution is 2.20. The van der Waals surface area contributed by atoms with Gasteiger partial charge >= 0.3 is 0 Å². The van der Waals surface area contributed by atoms with E-state index in [9.17, 15) is 9.18 Å². The van der Waals surface area contributed by atoms with Crippen LogP contribution in [0.25, 0.3) is 11.4 Å². The third kappa shape index (κ3) is 3.28. The zero-order chi connectivity index (χ0) is 18.1. The molecule has 26 heavy (non-hydrogen) atoms. The summed E-state index contributed by atoms with van der Waals surface area (Å²) < 4.78 is 13.3. The van der Waals surface area contributed by atoms with Crippen molar-refractivity contribution in [1.29, 1.82) is 0 Å². The Morgan fingerprint density at radius 3 is 2.85 bits per heavy atom. The van der Waals surface area contributed by atoms with Gasteiger partial charge in [0.1, 0.15) is 5.82 Å². The van der Waals surface area contributed by atoms with Crippen LogP contribution in [0.2, 0.25) is 0 Å². The minimum Gasteiger partial charge on any atom is -0.306 e. The van der Waals surface area contributed by atoms with Crippen molar-refractivity contribution in [2.75, 3.05) is 6.54 Å². The lowest BCUT2D eigenvalue weighted by molar-refractivity contribution is 0.241. The number of aromatic nitrogens is 3. The molecule has 0 saturated heterocycles. The Labute approximate surface area is 150 Å². The SMILES string of the molecule is Cc1cc(CN2CCc3nc(-c4ccccc4)[nH]c(=O)c3C2)cnc1F. The summed E-state index contributed by atoms with van der Waals surface area (Å²) in [6.45, 7) is 3.67. The molecule has 3 aromatic rings. The lowest BCUT2D eigenvalue weighted by atomic mass is 10.1. The van der Waals surface area contributed by atoms with Crippen molar-refractivity contribution in [3.05, 3.63) is 81.3 Å². The standard InChI is InChI=1S/C20H19FN4O/c1-13-9-14(10-22-18(13)21)11-25-8-7-17-16(12-25)20(26)24-19(23-17)15-5-3-2-4-6-15/h2-6,9-10H,7-8,11-12H2,1H3,(H,23,24,26). The summed E-state index contributed by atoms with van der Waals surface area (Å²) in [5, 5.41) is 0. The zero-order valence-electron chi connectivity index (χ0n) is 14.5. The molecular formula is C20H19FN4O. The fourth-order valence-corrected chi connectivity index (χ4v) is 3.31. The molecule has 5 nitrogen and oxygen atoms in total. The third-order valence-electron chi connectivity index (χ3n) is 4.67. The molecule has 0 atom stereocenters. The van der Waals surface area contributed by atoms with Crippen LogP contribution in [-0.4, -0.2) is 26.4 Å². The Kier molecular flexibility index (Phi) is 4.34. The van der Waals surface area contributed by atoms with Crippen LogP contribution in [-0.2, 0) is 19.5 Å². The number of halogens is 1. The summed E-state index contributed by atoms with van der Waals surface area (Å²) in [6, 6.07) is 11.5. The molecule has 4 rings (SSSR count). The Hall–Kier alpha value is -2.86. The highest BCUT2D eigenvalue weighted by Gasteiger charge is 2.21. The average molecular weight is 350 g/mol. The van der Waals surface area contributed by atoms with Crippen molar-refractivity contribution in [2.24, 2.45) is 0 Å². The highest BCUT2D eigenvalue weighted by molar-refractivity contribution is 5.54. The number of aromatic amines is 1. The van der Waals surface area contributed by atoms with Gasteiger partial charge < -0.3 is 4.98 Å². The first-order valence-electron chi connectivity index (χ1n) is 8.61. The van der Waals surface area contributed by atoms with Gasteiger partial charge in [-0.25, -0.2) is 9.97 Å². The molecule has 0 aliphatic carbocycles. The van der Waals surface area contributed by atoms with Crippen molar-refractivity contribution in [3.63, 3.8) is 0 Å². The number of hydrogen-bond donors (Lipinski definition) is 1. The second-order valence-electron chi connectivity index (χ2n) is 6.62. The van der Waals surface area contributed by atoms with E-state index in [0.29, 0.717) is 36.5 Å². The van der Waals surface area contributed by atoms with E-state index in [1.165, 1.54) is 0 Å². The van der Waals surface area contributed by atoms with Crippen LogP contribution in [0.3, 0.4) is 0 Å². The number of nitrogens with one attached hydrogen (secondary N) is 1. The molecule has 1 aliphatic rings. The van der Waals surface area contributed by atoms with E-state index in [1.54, 1.807) is 19.2 Å². The van der Waals surface area contributed by atoms with Crippen LogP contribution in [0.4, 0.5) is 4.39 Å². The number of nitrogens with zero attached hydrogens (tertiary/aromatic N) is 3. The molecule has 0 amide bonds. The Morgan fingerprint density at radius 1 is 1.27 bits per heavy atom. The molecule has 0 unspecified atom stereocenters. The largest absolute Gasteiger partial charge is 0.306 e. The smallest absolute Gasteiger partial charge is 0.255 e. The van der Waals surface area contributed by atoms with E-state index in [0.717, 1.165) is 23.4 Å². The number of fused-ring (bicyclic) bond motifs is 1. The maximum Gasteiger partial charge on any atom is 0.255 e. The third-order valence-corrected chi connectivity index (χ3v) is 4.67. The molecule has 1 N–H and O–H groups in total. The van der Waals surface area contributed by atoms with Crippen LogP contribution in [0, 0.1) is 12.9 Å². The summed E-state index contributed by atoms with van der Waals surface area (Å²) in [5.74, 6) is 0.174. The summed E-state index contributed by atoms with van der Waals surface area (Å²) in [6.07, 6.45) is 2.27. The maximum absolute atomic E-state index is 13.3. The molecule has 0 saturated carbocycles. The van der Waals surface area contributed by atoms with Gasteiger partial charge in [0.05, 0.1) is 11.3 Å². The second kappa shape index (κ2) is 6.80. The number of H-pyrrole nitrogens is 1.